The highest BCUT2D eigenvalue weighted by molar-refractivity contribution is 5.69. The second kappa shape index (κ2) is 45.8. The highest BCUT2D eigenvalue weighted by Gasteiger charge is 2.19. The van der Waals surface area contributed by atoms with Gasteiger partial charge in [-0.2, -0.15) is 0 Å². The van der Waals surface area contributed by atoms with Gasteiger partial charge in [-0.3, -0.25) is 4.79 Å². The van der Waals surface area contributed by atoms with Crippen LogP contribution in [-0.2, 0) is 71.1 Å². The average molecular weight is 858 g/mol. The summed E-state index contributed by atoms with van der Waals surface area (Å²) in [6.45, 7) is 19.7. The molecule has 0 N–H and O–H groups in total. The van der Waals surface area contributed by atoms with E-state index in [1.165, 1.54) is 37.0 Å². The van der Waals surface area contributed by atoms with E-state index >= 15 is 0 Å². The van der Waals surface area contributed by atoms with E-state index in [0.29, 0.717) is 172 Å². The fourth-order valence-corrected chi connectivity index (χ4v) is 4.67. The van der Waals surface area contributed by atoms with Crippen LogP contribution in [0.2, 0.25) is 0 Å². The van der Waals surface area contributed by atoms with Crippen molar-refractivity contribution < 1.29 is 75.9 Å². The fourth-order valence-electron chi connectivity index (χ4n) is 4.67. The first-order valence-electron chi connectivity index (χ1n) is 21.8. The number of unbranched alkanes of at least 4 members (excludes halogenated alkanes) is 6. The topological polar surface area (TPSA) is 167 Å². The van der Waals surface area contributed by atoms with Gasteiger partial charge in [0.05, 0.1) is 159 Å². The van der Waals surface area contributed by atoms with E-state index in [1.54, 1.807) is 7.05 Å². The molecule has 0 aromatic heterocycles. The normalized spacial score (nSPS) is 11.7. The number of likely N-dealkylation sites (N-methyl/N-ethyl adjacent to an activating group) is 1. The van der Waals surface area contributed by atoms with E-state index in [0.717, 1.165) is 12.8 Å². The van der Waals surface area contributed by atoms with Gasteiger partial charge in [0.2, 0.25) is 0 Å². The molecule has 0 atom stereocenters. The Morgan fingerprint density at radius 1 is 0.390 bits per heavy atom. The zero-order valence-electron chi connectivity index (χ0n) is 37.5. The molecule has 0 rings (SSSR count). The molecule has 0 heterocycles. The maximum absolute atomic E-state index is 11.9. The number of hydrogen-bond acceptors (Lipinski definition) is 16. The first-order valence-corrected chi connectivity index (χ1v) is 21.8. The number of nitrogens with zero attached hydrogens (tertiary/aromatic N) is 1. The Morgan fingerprint density at radius 3 is 0.966 bits per heavy atom. The van der Waals surface area contributed by atoms with Gasteiger partial charge in [-0.05, 0) is 27.2 Å². The summed E-state index contributed by atoms with van der Waals surface area (Å²) >= 11 is 0. The van der Waals surface area contributed by atoms with Crippen molar-refractivity contribution in [3.8, 4) is 0 Å². The standard InChI is InChI=1S/C42H83NO16/c1-6-7-8-9-10-11-12-13-40(44)58-39-38-57-37-36-56-35-34-55-33-32-54-31-30-53-29-28-52-27-26-51-25-24-50-23-22-49-21-20-48-19-18-47-17-16-46-15-14-43(5)41(45)59-42(2,3)4/h6-39H2,1-5H3. The molecule has 0 spiro atoms. The molecule has 0 aromatic carbocycles. The van der Waals surface area contributed by atoms with E-state index in [1.807, 2.05) is 20.8 Å². The Morgan fingerprint density at radius 2 is 0.661 bits per heavy atom. The largest absolute Gasteiger partial charge is 0.463 e. The monoisotopic (exact) mass is 858 g/mol. The van der Waals surface area contributed by atoms with Crippen LogP contribution in [0.15, 0.2) is 0 Å². The van der Waals surface area contributed by atoms with Crippen LogP contribution in [-0.4, -0.2) is 201 Å². The number of amides is 1. The summed E-state index contributed by atoms with van der Waals surface area (Å²) in [5.74, 6) is -0.145. The Hall–Kier alpha value is -1.74. The summed E-state index contributed by atoms with van der Waals surface area (Å²) in [5.41, 5.74) is -0.515. The summed E-state index contributed by atoms with van der Waals surface area (Å²) in [4.78, 5) is 25.1. The molecule has 0 aromatic rings. The zero-order chi connectivity index (χ0) is 43.2. The van der Waals surface area contributed by atoms with Crippen LogP contribution in [0.4, 0.5) is 4.79 Å². The maximum Gasteiger partial charge on any atom is 0.410 e. The summed E-state index contributed by atoms with van der Waals surface area (Å²) in [7, 11) is 1.68. The van der Waals surface area contributed by atoms with Crippen LogP contribution < -0.4 is 0 Å². The third kappa shape index (κ3) is 48.8. The van der Waals surface area contributed by atoms with E-state index < -0.39 is 5.60 Å². The minimum absolute atomic E-state index is 0.145. The van der Waals surface area contributed by atoms with Crippen LogP contribution in [0.5, 0.6) is 0 Å². The van der Waals surface area contributed by atoms with Gasteiger partial charge in [-0.15, -0.1) is 0 Å². The third-order valence-electron chi connectivity index (χ3n) is 7.84. The van der Waals surface area contributed by atoms with Crippen molar-refractivity contribution in [3.63, 3.8) is 0 Å². The molecule has 17 nitrogen and oxygen atoms in total. The quantitative estimate of drug-likeness (QED) is 0.0608. The summed E-state index contributed by atoms with van der Waals surface area (Å²) in [6, 6.07) is 0. The molecule has 0 bridgehead atoms. The fraction of sp³-hybridized carbons (Fsp3) is 0.952. The van der Waals surface area contributed by atoms with Crippen LogP contribution in [0.3, 0.4) is 0 Å². The minimum atomic E-state index is -0.515. The van der Waals surface area contributed by atoms with E-state index in [4.69, 9.17) is 66.3 Å². The van der Waals surface area contributed by atoms with Gasteiger partial charge in [-0.1, -0.05) is 45.4 Å². The summed E-state index contributed by atoms with van der Waals surface area (Å²) in [5, 5.41) is 0. The molecule has 59 heavy (non-hydrogen) atoms. The SMILES string of the molecule is CCCCCCCCCC(=O)OCCOCCOCCOCCOCCOCCOCCOCCOCCOCCOCCOCCOCCN(C)C(=O)OC(C)(C)C. The Kier molecular flexibility index (Phi) is 44.4. The Balaban J connectivity index is 3.16. The van der Waals surface area contributed by atoms with E-state index in [-0.39, 0.29) is 18.7 Å². The van der Waals surface area contributed by atoms with Crippen LogP contribution in [0.1, 0.15) is 79.1 Å². The van der Waals surface area contributed by atoms with Gasteiger partial charge in [0, 0.05) is 20.0 Å². The van der Waals surface area contributed by atoms with Crippen LogP contribution in [0, 0.1) is 0 Å². The molecule has 0 fully saturated rings. The van der Waals surface area contributed by atoms with Crippen LogP contribution in [0.25, 0.3) is 0 Å². The second-order valence-corrected chi connectivity index (χ2v) is 14.3. The molecule has 352 valence electrons. The molecule has 0 radical (unpaired) electrons. The van der Waals surface area contributed by atoms with E-state index in [2.05, 4.69) is 6.92 Å². The van der Waals surface area contributed by atoms with Gasteiger partial charge in [0.25, 0.3) is 0 Å². The summed E-state index contributed by atoms with van der Waals surface area (Å²) in [6.07, 6.45) is 8.39. The lowest BCUT2D eigenvalue weighted by molar-refractivity contribution is -0.145. The van der Waals surface area contributed by atoms with Crippen molar-refractivity contribution in [2.75, 3.05) is 179 Å². The predicted molar refractivity (Wildman–Crippen MR) is 222 cm³/mol. The molecule has 0 aliphatic rings. The number of carbonyl (C=O) groups is 2. The molecule has 0 aliphatic heterocycles. The molecule has 0 aliphatic carbocycles. The second-order valence-electron chi connectivity index (χ2n) is 14.3. The lowest BCUT2D eigenvalue weighted by Crippen LogP contribution is -2.36. The average Bonchev–Trinajstić information content (AvgIpc) is 3.20. The number of carbonyl (C=O) groups excluding carboxylic acids is 2. The number of hydrogen-bond donors (Lipinski definition) is 0. The lowest BCUT2D eigenvalue weighted by atomic mass is 10.1. The van der Waals surface area contributed by atoms with Crippen molar-refractivity contribution >= 4 is 12.1 Å². The van der Waals surface area contributed by atoms with Crippen molar-refractivity contribution in [1.82, 2.24) is 4.90 Å². The van der Waals surface area contributed by atoms with Gasteiger partial charge >= 0.3 is 12.1 Å². The molecular formula is C42H83NO16. The number of esters is 1. The highest BCUT2D eigenvalue weighted by atomic mass is 16.6. The third-order valence-corrected chi connectivity index (χ3v) is 7.84. The Bertz CT molecular complexity index is 882. The molecule has 0 unspecified atom stereocenters. The number of rotatable bonds is 47. The van der Waals surface area contributed by atoms with Crippen LogP contribution >= 0.6 is 0 Å². The molecular weight excluding hydrogens is 774 g/mol. The van der Waals surface area contributed by atoms with E-state index in [9.17, 15) is 9.59 Å². The molecule has 17 heteroatoms. The van der Waals surface area contributed by atoms with Crippen molar-refractivity contribution in [2.45, 2.75) is 84.7 Å². The van der Waals surface area contributed by atoms with Gasteiger partial charge < -0.3 is 71.2 Å². The minimum Gasteiger partial charge on any atom is -0.463 e. The van der Waals surface area contributed by atoms with Gasteiger partial charge in [0.1, 0.15) is 12.2 Å². The maximum atomic E-state index is 11.9. The lowest BCUT2D eigenvalue weighted by Gasteiger charge is -2.24. The predicted octanol–water partition coefficient (Wildman–Crippen LogP) is 4.74. The van der Waals surface area contributed by atoms with Gasteiger partial charge in [-0.25, -0.2) is 4.79 Å². The highest BCUT2D eigenvalue weighted by Crippen LogP contribution is 2.10. The Labute approximate surface area is 355 Å². The zero-order valence-corrected chi connectivity index (χ0v) is 37.5. The van der Waals surface area contributed by atoms with Crippen molar-refractivity contribution in [2.24, 2.45) is 0 Å². The molecule has 1 amide bonds. The molecule has 0 saturated heterocycles. The first kappa shape index (κ1) is 57.3. The first-order chi connectivity index (χ1) is 28.8. The number of ether oxygens (including phenoxy) is 14. The van der Waals surface area contributed by atoms with Gasteiger partial charge in [0.15, 0.2) is 0 Å². The van der Waals surface area contributed by atoms with Crippen molar-refractivity contribution in [3.05, 3.63) is 0 Å². The summed E-state index contributed by atoms with van der Waals surface area (Å²) < 4.78 is 76.3. The smallest absolute Gasteiger partial charge is 0.410 e. The van der Waals surface area contributed by atoms with Crippen molar-refractivity contribution in [1.29, 1.82) is 0 Å². The molecule has 0 saturated carbocycles.